The molecule has 1 heterocycles. The lowest BCUT2D eigenvalue weighted by molar-refractivity contribution is -0.123. The van der Waals surface area contributed by atoms with E-state index in [1.54, 1.807) is 0 Å². The number of nitrogens with one attached hydrogen (secondary N) is 3. The maximum Gasteiger partial charge on any atom is 0.234 e. The molecule has 0 bridgehead atoms. The molecule has 0 saturated carbocycles. The van der Waals surface area contributed by atoms with Crippen LogP contribution in [0.2, 0.25) is 0 Å². The second-order valence-electron chi connectivity index (χ2n) is 7.90. The van der Waals surface area contributed by atoms with Crippen LogP contribution in [-0.4, -0.2) is 85.6 Å². The molecule has 1 aliphatic heterocycles. The molecular formula is C18H39IN6O. The first-order valence-corrected chi connectivity index (χ1v) is 9.51. The molecule has 0 unspecified atom stereocenters. The average Bonchev–Trinajstić information content (AvgIpc) is 2.49. The molecule has 0 aromatic carbocycles. The number of aliphatic imine (C=N–C) groups is 1. The third-order valence-corrected chi connectivity index (χ3v) is 3.85. The van der Waals surface area contributed by atoms with Crippen LogP contribution in [0.4, 0.5) is 0 Å². The van der Waals surface area contributed by atoms with E-state index >= 15 is 0 Å². The topological polar surface area (TPSA) is 72.0 Å². The molecular weight excluding hydrogens is 443 g/mol. The number of amides is 1. The normalized spacial score (nSPS) is 16.4. The van der Waals surface area contributed by atoms with E-state index in [-0.39, 0.29) is 41.5 Å². The number of carbonyl (C=O) groups excluding carboxylic acids is 1. The first kappa shape index (κ1) is 25.4. The number of guanidine groups is 1. The van der Waals surface area contributed by atoms with E-state index in [0.717, 1.165) is 51.8 Å². The Morgan fingerprint density at radius 3 is 2.27 bits per heavy atom. The number of hydrogen-bond donors (Lipinski definition) is 3. The molecule has 1 saturated heterocycles. The zero-order chi connectivity index (χ0) is 18.9. The van der Waals surface area contributed by atoms with E-state index in [1.165, 1.54) is 0 Å². The Labute approximate surface area is 176 Å². The fraction of sp³-hybridized carbons (Fsp3) is 0.889. The molecule has 3 N–H and O–H groups in total. The summed E-state index contributed by atoms with van der Waals surface area (Å²) in [6.07, 6.45) is 0. The monoisotopic (exact) mass is 482 g/mol. The first-order valence-electron chi connectivity index (χ1n) is 9.51. The Kier molecular flexibility index (Phi) is 12.4. The minimum atomic E-state index is 0. The molecule has 1 aliphatic rings. The van der Waals surface area contributed by atoms with Gasteiger partial charge < -0.3 is 20.9 Å². The minimum Gasteiger partial charge on any atom is -0.357 e. The molecule has 0 aliphatic carbocycles. The van der Waals surface area contributed by atoms with E-state index in [9.17, 15) is 4.79 Å². The SMILES string of the molecule is CCNC(=NCCNC(C)(C)C)N1CCN(CC(=O)NC(C)C)CC1.I. The molecule has 154 valence electrons. The highest BCUT2D eigenvalue weighted by atomic mass is 127. The first-order chi connectivity index (χ1) is 11.7. The third kappa shape index (κ3) is 11.2. The van der Waals surface area contributed by atoms with Gasteiger partial charge in [0.25, 0.3) is 0 Å². The van der Waals surface area contributed by atoms with Gasteiger partial charge in [0.15, 0.2) is 5.96 Å². The Morgan fingerprint density at radius 1 is 1.15 bits per heavy atom. The Bertz CT molecular complexity index is 428. The summed E-state index contributed by atoms with van der Waals surface area (Å²) in [6.45, 7) is 19.1. The smallest absolute Gasteiger partial charge is 0.234 e. The molecule has 0 radical (unpaired) electrons. The molecule has 0 spiro atoms. The largest absolute Gasteiger partial charge is 0.357 e. The van der Waals surface area contributed by atoms with Crippen molar-refractivity contribution < 1.29 is 4.79 Å². The number of halogens is 1. The van der Waals surface area contributed by atoms with E-state index in [2.05, 4.69) is 53.4 Å². The second kappa shape index (κ2) is 12.7. The summed E-state index contributed by atoms with van der Waals surface area (Å²) in [4.78, 5) is 21.1. The van der Waals surface area contributed by atoms with Crippen molar-refractivity contribution in [1.82, 2.24) is 25.8 Å². The van der Waals surface area contributed by atoms with Crippen molar-refractivity contribution in [3.8, 4) is 0 Å². The Balaban J connectivity index is 0.00000625. The van der Waals surface area contributed by atoms with Gasteiger partial charge in [-0.15, -0.1) is 24.0 Å². The average molecular weight is 482 g/mol. The predicted molar refractivity (Wildman–Crippen MR) is 120 cm³/mol. The van der Waals surface area contributed by atoms with Crippen LogP contribution in [0, 0.1) is 0 Å². The van der Waals surface area contributed by atoms with E-state index < -0.39 is 0 Å². The number of piperazine rings is 1. The van der Waals surface area contributed by atoms with Crippen LogP contribution in [-0.2, 0) is 4.79 Å². The summed E-state index contributed by atoms with van der Waals surface area (Å²) < 4.78 is 0. The predicted octanol–water partition coefficient (Wildman–Crippen LogP) is 1.10. The molecule has 26 heavy (non-hydrogen) atoms. The van der Waals surface area contributed by atoms with Crippen molar-refractivity contribution >= 4 is 35.8 Å². The molecule has 7 nitrogen and oxygen atoms in total. The van der Waals surface area contributed by atoms with Gasteiger partial charge in [0.05, 0.1) is 13.1 Å². The Hall–Kier alpha value is -0.610. The maximum absolute atomic E-state index is 11.9. The fourth-order valence-electron chi connectivity index (χ4n) is 2.71. The second-order valence-corrected chi connectivity index (χ2v) is 7.90. The van der Waals surface area contributed by atoms with E-state index in [0.29, 0.717) is 6.54 Å². The zero-order valence-corrected chi connectivity index (χ0v) is 19.7. The number of carbonyl (C=O) groups is 1. The van der Waals surface area contributed by atoms with Gasteiger partial charge in [-0.1, -0.05) is 0 Å². The minimum absolute atomic E-state index is 0. The van der Waals surface area contributed by atoms with Crippen molar-refractivity contribution in [3.63, 3.8) is 0 Å². The number of hydrogen-bond acceptors (Lipinski definition) is 4. The molecule has 0 atom stereocenters. The van der Waals surface area contributed by atoms with Gasteiger partial charge in [-0.05, 0) is 41.5 Å². The van der Waals surface area contributed by atoms with E-state index in [1.807, 2.05) is 13.8 Å². The van der Waals surface area contributed by atoms with Crippen LogP contribution in [0.25, 0.3) is 0 Å². The van der Waals surface area contributed by atoms with Crippen molar-refractivity contribution in [3.05, 3.63) is 0 Å². The molecule has 1 rings (SSSR count). The Morgan fingerprint density at radius 2 is 1.77 bits per heavy atom. The lowest BCUT2D eigenvalue weighted by Crippen LogP contribution is -2.54. The van der Waals surface area contributed by atoms with Gasteiger partial charge in [0, 0.05) is 50.8 Å². The quantitative estimate of drug-likeness (QED) is 0.220. The van der Waals surface area contributed by atoms with Crippen molar-refractivity contribution in [2.24, 2.45) is 4.99 Å². The highest BCUT2D eigenvalue weighted by Crippen LogP contribution is 2.03. The van der Waals surface area contributed by atoms with Gasteiger partial charge in [-0.3, -0.25) is 14.7 Å². The maximum atomic E-state index is 11.9. The van der Waals surface area contributed by atoms with Gasteiger partial charge in [0.1, 0.15) is 0 Å². The highest BCUT2D eigenvalue weighted by Gasteiger charge is 2.21. The number of nitrogens with zero attached hydrogens (tertiary/aromatic N) is 3. The third-order valence-electron chi connectivity index (χ3n) is 3.85. The van der Waals surface area contributed by atoms with Crippen LogP contribution < -0.4 is 16.0 Å². The summed E-state index contributed by atoms with van der Waals surface area (Å²) in [5, 5.41) is 9.80. The van der Waals surface area contributed by atoms with Crippen molar-refractivity contribution in [1.29, 1.82) is 0 Å². The fourth-order valence-corrected chi connectivity index (χ4v) is 2.71. The summed E-state index contributed by atoms with van der Waals surface area (Å²) in [5.41, 5.74) is 0.121. The van der Waals surface area contributed by atoms with Crippen LogP contribution in [0.1, 0.15) is 41.5 Å². The van der Waals surface area contributed by atoms with E-state index in [4.69, 9.17) is 4.99 Å². The molecule has 1 amide bonds. The van der Waals surface area contributed by atoms with Crippen molar-refractivity contribution in [2.45, 2.75) is 53.1 Å². The summed E-state index contributed by atoms with van der Waals surface area (Å²) in [5.74, 6) is 1.08. The zero-order valence-electron chi connectivity index (χ0n) is 17.4. The summed E-state index contributed by atoms with van der Waals surface area (Å²) in [7, 11) is 0. The lowest BCUT2D eigenvalue weighted by atomic mass is 10.1. The van der Waals surface area contributed by atoms with Gasteiger partial charge in [-0.2, -0.15) is 0 Å². The molecule has 8 heteroatoms. The number of rotatable bonds is 7. The van der Waals surface area contributed by atoms with Crippen molar-refractivity contribution in [2.75, 3.05) is 52.4 Å². The molecule has 0 aromatic rings. The van der Waals surface area contributed by atoms with Crippen LogP contribution in [0.15, 0.2) is 4.99 Å². The standard InChI is InChI=1S/C18H38N6O.HI/c1-7-19-17(20-8-9-21-18(4,5)6)24-12-10-23(11-13-24)14-16(25)22-15(2)3;/h15,21H,7-14H2,1-6H3,(H,19,20)(H,22,25);1H. The highest BCUT2D eigenvalue weighted by molar-refractivity contribution is 14.0. The van der Waals surface area contributed by atoms with Crippen LogP contribution >= 0.6 is 24.0 Å². The summed E-state index contributed by atoms with van der Waals surface area (Å²) >= 11 is 0. The van der Waals surface area contributed by atoms with Gasteiger partial charge in [0.2, 0.25) is 5.91 Å². The summed E-state index contributed by atoms with van der Waals surface area (Å²) in [6, 6.07) is 0.197. The van der Waals surface area contributed by atoms with Gasteiger partial charge in [-0.25, -0.2) is 0 Å². The van der Waals surface area contributed by atoms with Crippen LogP contribution in [0.5, 0.6) is 0 Å². The lowest BCUT2D eigenvalue weighted by Gasteiger charge is -2.36. The molecule has 0 aromatic heterocycles. The molecule has 1 fully saturated rings. The van der Waals surface area contributed by atoms with Crippen LogP contribution in [0.3, 0.4) is 0 Å². The van der Waals surface area contributed by atoms with Gasteiger partial charge >= 0.3 is 0 Å².